The van der Waals surface area contributed by atoms with Gasteiger partial charge in [0.15, 0.2) is 0 Å². The predicted molar refractivity (Wildman–Crippen MR) is 123 cm³/mol. The maximum absolute atomic E-state index is 13.1. The van der Waals surface area contributed by atoms with Gasteiger partial charge in [0.25, 0.3) is 0 Å². The van der Waals surface area contributed by atoms with E-state index in [0.717, 1.165) is 55.9 Å². The molecule has 0 radical (unpaired) electrons. The van der Waals surface area contributed by atoms with Crippen molar-refractivity contribution in [2.75, 3.05) is 37.6 Å². The van der Waals surface area contributed by atoms with Crippen molar-refractivity contribution < 1.29 is 14.1 Å². The Hall–Kier alpha value is -2.90. The number of likely N-dealkylation sites (tertiary alicyclic amines) is 1. The molecular weight excluding hydrogens is 418 g/mol. The van der Waals surface area contributed by atoms with Crippen LogP contribution in [-0.2, 0) is 9.59 Å². The van der Waals surface area contributed by atoms with E-state index in [0.29, 0.717) is 43.8 Å². The molecule has 8 nitrogen and oxygen atoms in total. The van der Waals surface area contributed by atoms with Crippen LogP contribution in [0.25, 0.3) is 11.4 Å². The fourth-order valence-corrected chi connectivity index (χ4v) is 5.58. The van der Waals surface area contributed by atoms with Gasteiger partial charge in [0, 0.05) is 62.4 Å². The van der Waals surface area contributed by atoms with Gasteiger partial charge in [-0.05, 0) is 49.9 Å². The monoisotopic (exact) mass is 449 g/mol. The number of carbonyl (C=O) groups excluding carboxylic acids is 2. The first kappa shape index (κ1) is 20.7. The van der Waals surface area contributed by atoms with E-state index >= 15 is 0 Å². The van der Waals surface area contributed by atoms with Crippen LogP contribution in [0.2, 0.25) is 0 Å². The van der Waals surface area contributed by atoms with Crippen LogP contribution in [0.1, 0.15) is 56.8 Å². The molecular formula is C25H31N5O3. The van der Waals surface area contributed by atoms with Crippen LogP contribution in [0.15, 0.2) is 28.8 Å². The summed E-state index contributed by atoms with van der Waals surface area (Å²) < 4.78 is 5.37. The average Bonchev–Trinajstić information content (AvgIpc) is 3.23. The molecule has 4 aliphatic rings. The first-order chi connectivity index (χ1) is 16.2. The Morgan fingerprint density at radius 1 is 0.970 bits per heavy atom. The van der Waals surface area contributed by atoms with Gasteiger partial charge in [0.1, 0.15) is 0 Å². The van der Waals surface area contributed by atoms with Crippen molar-refractivity contribution in [3.8, 4) is 11.4 Å². The quantitative estimate of drug-likeness (QED) is 0.698. The predicted octanol–water partition coefficient (Wildman–Crippen LogP) is 3.05. The Morgan fingerprint density at radius 2 is 1.70 bits per heavy atom. The second kappa shape index (κ2) is 8.47. The molecule has 2 amide bonds. The van der Waals surface area contributed by atoms with Crippen molar-refractivity contribution in [1.82, 2.24) is 19.9 Å². The Bertz CT molecular complexity index is 1020. The fraction of sp³-hybridized carbons (Fsp3) is 0.600. The number of benzene rings is 1. The summed E-state index contributed by atoms with van der Waals surface area (Å²) in [6.07, 6.45) is 7.27. The van der Waals surface area contributed by atoms with Crippen molar-refractivity contribution in [3.63, 3.8) is 0 Å². The van der Waals surface area contributed by atoms with Gasteiger partial charge < -0.3 is 19.2 Å². The highest BCUT2D eigenvalue weighted by Gasteiger charge is 2.40. The summed E-state index contributed by atoms with van der Waals surface area (Å²) in [5, 5.41) is 4.12. The number of amides is 2. The standard InChI is InChI=1S/C25H31N5O3/c31-22-15-19(16-30(22)21-3-1-2-4-21)25(32)29-13-11-28(12-14-29)20-9-7-17(8-10-20)23-26-24(33-27-23)18-5-6-18/h7-10,18-19,21H,1-6,11-16H2. The summed E-state index contributed by atoms with van der Waals surface area (Å²) in [6, 6.07) is 8.62. The van der Waals surface area contributed by atoms with E-state index in [1.807, 2.05) is 21.9 Å². The number of hydrogen-bond acceptors (Lipinski definition) is 6. The first-order valence-electron chi connectivity index (χ1n) is 12.4. The minimum absolute atomic E-state index is 0.155. The van der Waals surface area contributed by atoms with E-state index in [2.05, 4.69) is 27.2 Å². The van der Waals surface area contributed by atoms with Crippen molar-refractivity contribution >= 4 is 17.5 Å². The Labute approximate surface area is 193 Å². The molecule has 1 atom stereocenters. The number of nitrogens with zero attached hydrogens (tertiary/aromatic N) is 5. The first-order valence-corrected chi connectivity index (χ1v) is 12.4. The topological polar surface area (TPSA) is 82.8 Å². The van der Waals surface area contributed by atoms with Crippen LogP contribution in [-0.4, -0.2) is 70.5 Å². The van der Waals surface area contributed by atoms with Crippen LogP contribution in [0.4, 0.5) is 5.69 Å². The lowest BCUT2D eigenvalue weighted by atomic mass is 10.1. The number of aromatic nitrogens is 2. The van der Waals surface area contributed by atoms with Crippen molar-refractivity contribution in [1.29, 1.82) is 0 Å². The Kier molecular flexibility index (Phi) is 5.31. The van der Waals surface area contributed by atoms with E-state index in [9.17, 15) is 9.59 Å². The zero-order chi connectivity index (χ0) is 22.4. The number of anilines is 1. The molecule has 0 spiro atoms. The molecule has 0 bridgehead atoms. The molecule has 2 aromatic rings. The summed E-state index contributed by atoms with van der Waals surface area (Å²) in [4.78, 5) is 36.4. The summed E-state index contributed by atoms with van der Waals surface area (Å²) in [6.45, 7) is 3.61. The lowest BCUT2D eigenvalue weighted by Gasteiger charge is -2.37. The molecule has 1 aromatic carbocycles. The summed E-state index contributed by atoms with van der Waals surface area (Å²) in [5.74, 6) is 2.02. The zero-order valence-electron chi connectivity index (χ0n) is 19.0. The molecule has 174 valence electrons. The highest BCUT2D eigenvalue weighted by Crippen LogP contribution is 2.39. The third-order valence-corrected chi connectivity index (χ3v) is 7.72. The van der Waals surface area contributed by atoms with Gasteiger partial charge in [-0.3, -0.25) is 9.59 Å². The Morgan fingerprint density at radius 3 is 2.39 bits per heavy atom. The van der Waals surface area contributed by atoms with Crippen LogP contribution in [0.3, 0.4) is 0 Å². The van der Waals surface area contributed by atoms with Crippen LogP contribution in [0, 0.1) is 5.92 Å². The maximum atomic E-state index is 13.1. The number of piperazine rings is 1. The molecule has 1 unspecified atom stereocenters. The summed E-state index contributed by atoms with van der Waals surface area (Å²) in [7, 11) is 0. The maximum Gasteiger partial charge on any atom is 0.230 e. The summed E-state index contributed by atoms with van der Waals surface area (Å²) >= 11 is 0. The molecule has 2 saturated heterocycles. The number of hydrogen-bond donors (Lipinski definition) is 0. The normalized spacial score (nSPS) is 24.2. The van der Waals surface area contributed by atoms with E-state index in [1.54, 1.807) is 0 Å². The largest absolute Gasteiger partial charge is 0.368 e. The average molecular weight is 450 g/mol. The highest BCUT2D eigenvalue weighted by molar-refractivity contribution is 5.89. The minimum atomic E-state index is -0.167. The molecule has 1 aromatic heterocycles. The highest BCUT2D eigenvalue weighted by atomic mass is 16.5. The van der Waals surface area contributed by atoms with E-state index in [4.69, 9.17) is 4.52 Å². The van der Waals surface area contributed by atoms with E-state index < -0.39 is 0 Å². The smallest absolute Gasteiger partial charge is 0.230 e. The number of rotatable bonds is 5. The SMILES string of the molecule is O=C(C1CC(=O)N(C2CCCC2)C1)N1CCN(c2ccc(-c3noc(C4CC4)n3)cc2)CC1. The van der Waals surface area contributed by atoms with Gasteiger partial charge in [-0.15, -0.1) is 0 Å². The van der Waals surface area contributed by atoms with Crippen LogP contribution in [0.5, 0.6) is 0 Å². The van der Waals surface area contributed by atoms with Gasteiger partial charge in [-0.25, -0.2) is 0 Å². The second-order valence-corrected chi connectivity index (χ2v) is 9.98. The molecule has 4 fully saturated rings. The Balaban J connectivity index is 1.03. The fourth-order valence-electron chi connectivity index (χ4n) is 5.58. The second-order valence-electron chi connectivity index (χ2n) is 9.98. The molecule has 33 heavy (non-hydrogen) atoms. The third-order valence-electron chi connectivity index (χ3n) is 7.72. The van der Waals surface area contributed by atoms with Crippen molar-refractivity contribution in [3.05, 3.63) is 30.2 Å². The molecule has 2 aliphatic heterocycles. The molecule has 6 rings (SSSR count). The van der Waals surface area contributed by atoms with Crippen LogP contribution >= 0.6 is 0 Å². The van der Waals surface area contributed by atoms with E-state index in [-0.39, 0.29) is 17.7 Å². The summed E-state index contributed by atoms with van der Waals surface area (Å²) in [5.41, 5.74) is 2.10. The van der Waals surface area contributed by atoms with Gasteiger partial charge in [0.2, 0.25) is 23.5 Å². The molecule has 8 heteroatoms. The molecule has 0 N–H and O–H groups in total. The van der Waals surface area contributed by atoms with Crippen LogP contribution < -0.4 is 4.90 Å². The van der Waals surface area contributed by atoms with Crippen molar-refractivity contribution in [2.24, 2.45) is 5.92 Å². The van der Waals surface area contributed by atoms with Gasteiger partial charge in [0.05, 0.1) is 5.92 Å². The third kappa shape index (κ3) is 4.11. The van der Waals surface area contributed by atoms with Gasteiger partial charge in [-0.1, -0.05) is 18.0 Å². The molecule has 2 aliphatic carbocycles. The van der Waals surface area contributed by atoms with E-state index in [1.165, 1.54) is 12.8 Å². The van der Waals surface area contributed by atoms with Gasteiger partial charge in [-0.2, -0.15) is 4.98 Å². The lowest BCUT2D eigenvalue weighted by molar-refractivity contribution is -0.136. The van der Waals surface area contributed by atoms with Crippen molar-refractivity contribution in [2.45, 2.75) is 56.9 Å². The molecule has 2 saturated carbocycles. The zero-order valence-corrected chi connectivity index (χ0v) is 19.0. The van der Waals surface area contributed by atoms with Gasteiger partial charge >= 0.3 is 0 Å². The minimum Gasteiger partial charge on any atom is -0.368 e. The lowest BCUT2D eigenvalue weighted by Crippen LogP contribution is -2.50. The number of carbonyl (C=O) groups is 2. The molecule has 3 heterocycles.